The number of unbranched alkanes of at least 4 members (excludes halogenated alkanes) is 18. The van der Waals surface area contributed by atoms with E-state index in [9.17, 15) is 0 Å². The third-order valence-corrected chi connectivity index (χ3v) is 6.94. The largest absolute Gasteiger partial charge is 0.202 e. The molecule has 1 aromatic rings. The summed E-state index contributed by atoms with van der Waals surface area (Å²) < 4.78 is 2.48. The zero-order valence-corrected chi connectivity index (χ0v) is 21.5. The summed E-state index contributed by atoms with van der Waals surface area (Å²) in [6, 6.07) is 7.24. The van der Waals surface area contributed by atoms with Crippen LogP contribution < -0.4 is 4.57 Å². The van der Waals surface area contributed by atoms with Gasteiger partial charge in [0.05, 0.1) is 0 Å². The van der Waals surface area contributed by atoms with Crippen LogP contribution in [-0.4, -0.2) is 0 Å². The van der Waals surface area contributed by atoms with Crippen LogP contribution in [0.3, 0.4) is 0 Å². The molecule has 1 heteroatoms. The van der Waals surface area contributed by atoms with Gasteiger partial charge in [-0.15, -0.1) is 0 Å². The van der Waals surface area contributed by atoms with Crippen LogP contribution in [0.5, 0.6) is 0 Å². The van der Waals surface area contributed by atoms with Gasteiger partial charge in [-0.1, -0.05) is 135 Å². The molecular weight excluding hydrogens is 374 g/mol. The van der Waals surface area contributed by atoms with Crippen molar-refractivity contribution in [2.24, 2.45) is 0 Å². The number of nitrogens with zero attached hydrogens (tertiary/aromatic N) is 1. The molecule has 1 rings (SSSR count). The van der Waals surface area contributed by atoms with Gasteiger partial charge in [-0.3, -0.25) is 0 Å². The highest BCUT2D eigenvalue weighted by atomic mass is 15.0. The lowest BCUT2D eigenvalue weighted by Crippen LogP contribution is -2.38. The van der Waals surface area contributed by atoms with E-state index in [4.69, 9.17) is 0 Å². The zero-order valence-electron chi connectivity index (χ0n) is 21.5. The van der Waals surface area contributed by atoms with Gasteiger partial charge in [0.25, 0.3) is 0 Å². The summed E-state index contributed by atoms with van der Waals surface area (Å²) in [6.07, 6.45) is 36.0. The van der Waals surface area contributed by atoms with Crippen molar-refractivity contribution < 1.29 is 4.57 Å². The Labute approximate surface area is 196 Å². The second kappa shape index (κ2) is 22.3. The first-order valence-electron chi connectivity index (χ1n) is 14.3. The normalized spacial score (nSPS) is 12.3. The molecule has 1 atom stereocenters. The van der Waals surface area contributed by atoms with Crippen molar-refractivity contribution >= 4 is 0 Å². The van der Waals surface area contributed by atoms with E-state index in [1.54, 1.807) is 0 Å². The Morgan fingerprint density at radius 3 is 1.10 bits per heavy atom. The molecule has 1 aromatic heterocycles. The van der Waals surface area contributed by atoms with Gasteiger partial charge in [-0.2, -0.15) is 0 Å². The van der Waals surface area contributed by atoms with Crippen molar-refractivity contribution in [3.05, 3.63) is 30.6 Å². The molecular formula is C30H56N+. The Balaban J connectivity index is 2.03. The van der Waals surface area contributed by atoms with E-state index < -0.39 is 0 Å². The highest BCUT2D eigenvalue weighted by molar-refractivity contribution is 4.84. The molecule has 0 fully saturated rings. The number of hydrogen-bond donors (Lipinski definition) is 0. The maximum absolute atomic E-state index is 2.48. The molecule has 31 heavy (non-hydrogen) atoms. The molecule has 1 heterocycles. The molecule has 1 nitrogen and oxygen atoms in total. The molecule has 0 aliphatic carbocycles. The smallest absolute Gasteiger partial charge is 0.169 e. The summed E-state index contributed by atoms with van der Waals surface area (Å²) in [5.41, 5.74) is 0. The Morgan fingerprint density at radius 2 is 0.742 bits per heavy atom. The molecule has 180 valence electrons. The Morgan fingerprint density at radius 1 is 0.419 bits per heavy atom. The van der Waals surface area contributed by atoms with Crippen LogP contribution in [0.15, 0.2) is 30.6 Å². The molecule has 0 spiro atoms. The Bertz CT molecular complexity index is 455. The maximum Gasteiger partial charge on any atom is 0.169 e. The van der Waals surface area contributed by atoms with Gasteiger partial charge in [-0.05, 0) is 12.8 Å². The van der Waals surface area contributed by atoms with E-state index in [1.165, 1.54) is 141 Å². The average Bonchev–Trinajstić information content (AvgIpc) is 2.80. The van der Waals surface area contributed by atoms with E-state index in [1.807, 2.05) is 0 Å². The van der Waals surface area contributed by atoms with Crippen LogP contribution in [0.1, 0.15) is 161 Å². The highest BCUT2D eigenvalue weighted by Crippen LogP contribution is 2.20. The fraction of sp³-hybridized carbons (Fsp3) is 0.833. The minimum absolute atomic E-state index is 0.713. The lowest BCUT2D eigenvalue weighted by molar-refractivity contribution is -0.724. The van der Waals surface area contributed by atoms with Crippen molar-refractivity contribution in [3.63, 3.8) is 0 Å². The second-order valence-corrected chi connectivity index (χ2v) is 9.92. The van der Waals surface area contributed by atoms with Crippen molar-refractivity contribution in [3.8, 4) is 0 Å². The van der Waals surface area contributed by atoms with E-state index >= 15 is 0 Å². The number of aromatic nitrogens is 1. The lowest BCUT2D eigenvalue weighted by atomic mass is 9.99. The molecule has 0 aliphatic rings. The van der Waals surface area contributed by atoms with Crippen molar-refractivity contribution in [1.29, 1.82) is 0 Å². The maximum atomic E-state index is 2.48. The first-order valence-corrected chi connectivity index (χ1v) is 14.3. The first-order chi connectivity index (χ1) is 15.4. The summed E-state index contributed by atoms with van der Waals surface area (Å²) in [6.45, 7) is 4.61. The van der Waals surface area contributed by atoms with Crippen LogP contribution in [0.2, 0.25) is 0 Å². The third-order valence-electron chi connectivity index (χ3n) is 6.94. The summed E-state index contributed by atoms with van der Waals surface area (Å²) in [4.78, 5) is 0. The molecule has 0 radical (unpaired) electrons. The van der Waals surface area contributed by atoms with Gasteiger partial charge >= 0.3 is 0 Å². The van der Waals surface area contributed by atoms with Crippen LogP contribution >= 0.6 is 0 Å². The monoisotopic (exact) mass is 430 g/mol. The van der Waals surface area contributed by atoms with E-state index in [0.717, 1.165) is 0 Å². The number of pyridine rings is 1. The molecule has 0 bridgehead atoms. The lowest BCUT2D eigenvalue weighted by Gasteiger charge is -2.12. The van der Waals surface area contributed by atoms with Crippen molar-refractivity contribution in [2.45, 2.75) is 161 Å². The van der Waals surface area contributed by atoms with Crippen LogP contribution in [0.25, 0.3) is 0 Å². The standard InChI is InChI=1S/C30H56N/c1-3-5-7-9-11-12-13-14-15-16-17-18-20-23-27-30(31-28-24-21-25-29-31)26-22-19-10-8-6-4-2/h21,24-25,28-30H,3-20,22-23,26-27H2,1-2H3/q+1. The van der Waals surface area contributed by atoms with Gasteiger partial charge in [0, 0.05) is 25.0 Å². The summed E-state index contributed by atoms with van der Waals surface area (Å²) in [5, 5.41) is 0. The molecule has 0 amide bonds. The van der Waals surface area contributed by atoms with Crippen LogP contribution in [0, 0.1) is 0 Å². The molecule has 0 N–H and O–H groups in total. The van der Waals surface area contributed by atoms with E-state index in [-0.39, 0.29) is 0 Å². The zero-order chi connectivity index (χ0) is 22.2. The Kier molecular flexibility index (Phi) is 20.3. The van der Waals surface area contributed by atoms with Crippen molar-refractivity contribution in [2.75, 3.05) is 0 Å². The fourth-order valence-corrected chi connectivity index (χ4v) is 4.83. The molecule has 0 aromatic carbocycles. The molecule has 0 aliphatic heterocycles. The quantitative estimate of drug-likeness (QED) is 0.120. The topological polar surface area (TPSA) is 3.88 Å². The first kappa shape index (κ1) is 28.2. The SMILES string of the molecule is CCCCCCCCCCCCCCCCC(CCCCCCCC)[n+]1ccccc1. The van der Waals surface area contributed by atoms with Gasteiger partial charge in [-0.25, -0.2) is 4.57 Å². The minimum atomic E-state index is 0.713. The second-order valence-electron chi connectivity index (χ2n) is 9.92. The van der Waals surface area contributed by atoms with Gasteiger partial charge in [0.2, 0.25) is 0 Å². The Hall–Kier alpha value is -0.850. The highest BCUT2D eigenvalue weighted by Gasteiger charge is 2.16. The minimum Gasteiger partial charge on any atom is -0.202 e. The molecule has 1 unspecified atom stereocenters. The number of hydrogen-bond acceptors (Lipinski definition) is 0. The average molecular weight is 431 g/mol. The van der Waals surface area contributed by atoms with Crippen molar-refractivity contribution in [1.82, 2.24) is 0 Å². The van der Waals surface area contributed by atoms with Crippen LogP contribution in [0.4, 0.5) is 0 Å². The van der Waals surface area contributed by atoms with E-state index in [0.29, 0.717) is 6.04 Å². The van der Waals surface area contributed by atoms with Gasteiger partial charge < -0.3 is 0 Å². The van der Waals surface area contributed by atoms with Gasteiger partial charge in [0.1, 0.15) is 0 Å². The summed E-state index contributed by atoms with van der Waals surface area (Å²) in [5.74, 6) is 0. The molecule has 0 saturated carbocycles. The molecule has 0 saturated heterocycles. The predicted octanol–water partition coefficient (Wildman–Crippen LogP) is 10.1. The van der Waals surface area contributed by atoms with Gasteiger partial charge in [0.15, 0.2) is 18.4 Å². The van der Waals surface area contributed by atoms with Crippen LogP contribution in [-0.2, 0) is 0 Å². The van der Waals surface area contributed by atoms with E-state index in [2.05, 4.69) is 49.0 Å². The number of rotatable bonds is 23. The third kappa shape index (κ3) is 17.4. The fourth-order valence-electron chi connectivity index (χ4n) is 4.83. The summed E-state index contributed by atoms with van der Waals surface area (Å²) in [7, 11) is 0. The summed E-state index contributed by atoms with van der Waals surface area (Å²) >= 11 is 0. The predicted molar refractivity (Wildman–Crippen MR) is 139 cm³/mol.